The number of aromatic amines is 1. The number of esters is 1. The number of alkyl halides is 3. The average molecular weight is 323 g/mol. The maximum absolute atomic E-state index is 12.3. The average Bonchev–Trinajstić information content (AvgIpc) is 2.99. The predicted molar refractivity (Wildman–Crippen MR) is 70.0 cm³/mol. The van der Waals surface area contributed by atoms with E-state index >= 15 is 0 Å². The van der Waals surface area contributed by atoms with E-state index in [1.807, 2.05) is 0 Å². The van der Waals surface area contributed by atoms with Crippen LogP contribution in [0, 0.1) is 0 Å². The number of fused-ring (bicyclic) bond motifs is 1. The van der Waals surface area contributed by atoms with E-state index in [1.54, 1.807) is 18.2 Å². The van der Waals surface area contributed by atoms with Crippen LogP contribution in [0.25, 0.3) is 11.0 Å². The van der Waals surface area contributed by atoms with E-state index in [4.69, 9.17) is 4.74 Å². The molecule has 2 aromatic heterocycles. The van der Waals surface area contributed by atoms with Gasteiger partial charge in [-0.3, -0.25) is 0 Å². The lowest BCUT2D eigenvalue weighted by Crippen LogP contribution is -2.13. The van der Waals surface area contributed by atoms with E-state index in [9.17, 15) is 18.0 Å². The summed E-state index contributed by atoms with van der Waals surface area (Å²) in [7, 11) is 0. The fourth-order valence-electron chi connectivity index (χ4n) is 1.79. The molecule has 0 unspecified atom stereocenters. The highest BCUT2D eigenvalue weighted by Crippen LogP contribution is 2.25. The molecule has 0 atom stereocenters. The van der Waals surface area contributed by atoms with Crippen molar-refractivity contribution < 1.29 is 22.7 Å². The lowest BCUT2D eigenvalue weighted by molar-refractivity contribution is -0.145. The maximum atomic E-state index is 12.3. The summed E-state index contributed by atoms with van der Waals surface area (Å²) >= 11 is 0. The fourth-order valence-corrected chi connectivity index (χ4v) is 1.79. The Morgan fingerprint density at radius 3 is 2.52 bits per heavy atom. The van der Waals surface area contributed by atoms with Gasteiger partial charge in [0, 0.05) is 12.4 Å². The number of hydrogen-bond acceptors (Lipinski definition) is 6. The third-order valence-corrected chi connectivity index (χ3v) is 2.89. The second kappa shape index (κ2) is 5.63. The third-order valence-electron chi connectivity index (χ3n) is 2.89. The zero-order valence-corrected chi connectivity index (χ0v) is 11.3. The van der Waals surface area contributed by atoms with Crippen LogP contribution in [0.4, 0.5) is 13.2 Å². The van der Waals surface area contributed by atoms with Gasteiger partial charge in [0.25, 0.3) is 0 Å². The lowest BCUT2D eigenvalue weighted by atomic mass is 10.2. The van der Waals surface area contributed by atoms with E-state index in [0.29, 0.717) is 16.6 Å². The number of rotatable bonds is 3. The molecule has 1 aromatic carbocycles. The molecule has 3 rings (SSSR count). The van der Waals surface area contributed by atoms with Crippen LogP contribution in [0.15, 0.2) is 30.6 Å². The first kappa shape index (κ1) is 14.9. The summed E-state index contributed by atoms with van der Waals surface area (Å²) in [5, 5.41) is 10.2. The van der Waals surface area contributed by atoms with Gasteiger partial charge >= 0.3 is 12.1 Å². The monoisotopic (exact) mass is 323 g/mol. The Hall–Kier alpha value is -3.04. The van der Waals surface area contributed by atoms with E-state index in [0.717, 1.165) is 12.4 Å². The standard InChI is InChI=1S/C13H8F3N5O2/c14-13(15,16)12-17-4-8(5-18-12)11(22)23-6-7-1-2-9-10(3-7)20-21-19-9/h1-5H,6H2,(H,19,20,21). The second-order valence-corrected chi connectivity index (χ2v) is 4.52. The van der Waals surface area contributed by atoms with Crippen molar-refractivity contribution in [3.8, 4) is 0 Å². The van der Waals surface area contributed by atoms with Crippen LogP contribution in [0.2, 0.25) is 0 Å². The van der Waals surface area contributed by atoms with Crippen LogP contribution in [-0.2, 0) is 17.5 Å². The van der Waals surface area contributed by atoms with Crippen molar-refractivity contribution in [2.45, 2.75) is 12.8 Å². The Morgan fingerprint density at radius 2 is 1.83 bits per heavy atom. The molecule has 0 saturated heterocycles. The summed E-state index contributed by atoms with van der Waals surface area (Å²) < 4.78 is 42.0. The molecule has 0 spiro atoms. The minimum Gasteiger partial charge on any atom is -0.457 e. The molecule has 0 saturated carbocycles. The van der Waals surface area contributed by atoms with Gasteiger partial charge in [0.1, 0.15) is 17.6 Å². The van der Waals surface area contributed by atoms with Gasteiger partial charge in [0.05, 0.1) is 5.56 Å². The topological polar surface area (TPSA) is 93.7 Å². The van der Waals surface area contributed by atoms with Gasteiger partial charge in [-0.25, -0.2) is 14.8 Å². The maximum Gasteiger partial charge on any atom is 0.451 e. The van der Waals surface area contributed by atoms with Gasteiger partial charge in [0.2, 0.25) is 5.82 Å². The zero-order chi connectivity index (χ0) is 16.4. The van der Waals surface area contributed by atoms with Gasteiger partial charge in [-0.1, -0.05) is 6.07 Å². The summed E-state index contributed by atoms with van der Waals surface area (Å²) in [5.74, 6) is -2.13. The molecule has 118 valence electrons. The summed E-state index contributed by atoms with van der Waals surface area (Å²) in [4.78, 5) is 18.0. The molecule has 2 heterocycles. The fraction of sp³-hybridized carbons (Fsp3) is 0.154. The number of hydrogen-bond donors (Lipinski definition) is 1. The Morgan fingerprint density at radius 1 is 1.13 bits per heavy atom. The number of halogens is 3. The molecular formula is C13H8F3N5O2. The molecule has 1 N–H and O–H groups in total. The van der Waals surface area contributed by atoms with Crippen molar-refractivity contribution in [2.75, 3.05) is 0 Å². The van der Waals surface area contributed by atoms with E-state index in [1.165, 1.54) is 0 Å². The van der Waals surface area contributed by atoms with Crippen LogP contribution in [0.1, 0.15) is 21.7 Å². The Kier molecular flexibility index (Phi) is 3.64. The highest BCUT2D eigenvalue weighted by Gasteiger charge is 2.34. The first-order chi connectivity index (χ1) is 10.9. The van der Waals surface area contributed by atoms with Crippen LogP contribution in [0.5, 0.6) is 0 Å². The van der Waals surface area contributed by atoms with Crippen molar-refractivity contribution in [1.82, 2.24) is 25.4 Å². The minimum atomic E-state index is -4.66. The second-order valence-electron chi connectivity index (χ2n) is 4.52. The number of carbonyl (C=O) groups excluding carboxylic acids is 1. The van der Waals surface area contributed by atoms with Gasteiger partial charge < -0.3 is 4.74 Å². The van der Waals surface area contributed by atoms with Crippen molar-refractivity contribution in [3.63, 3.8) is 0 Å². The van der Waals surface area contributed by atoms with E-state index in [2.05, 4.69) is 25.4 Å². The summed E-state index contributed by atoms with van der Waals surface area (Å²) in [5.41, 5.74) is 1.76. The Balaban J connectivity index is 1.66. The van der Waals surface area contributed by atoms with Crippen molar-refractivity contribution in [3.05, 3.63) is 47.5 Å². The predicted octanol–water partition coefficient (Wildman–Crippen LogP) is 2.12. The van der Waals surface area contributed by atoms with Crippen LogP contribution in [0.3, 0.4) is 0 Å². The molecule has 0 aliphatic rings. The summed E-state index contributed by atoms with van der Waals surface area (Å²) in [6.45, 7) is -0.0668. The van der Waals surface area contributed by atoms with Crippen LogP contribution >= 0.6 is 0 Å². The first-order valence-electron chi connectivity index (χ1n) is 6.29. The molecule has 0 aliphatic heterocycles. The van der Waals surface area contributed by atoms with Crippen molar-refractivity contribution in [2.24, 2.45) is 0 Å². The molecule has 0 aliphatic carbocycles. The van der Waals surface area contributed by atoms with Crippen molar-refractivity contribution >= 4 is 17.0 Å². The number of ether oxygens (including phenoxy) is 1. The van der Waals surface area contributed by atoms with Gasteiger partial charge in [0.15, 0.2) is 0 Å². The minimum absolute atomic E-state index is 0.0668. The molecule has 0 amide bonds. The molecule has 7 nitrogen and oxygen atoms in total. The highest BCUT2D eigenvalue weighted by molar-refractivity contribution is 5.88. The SMILES string of the molecule is O=C(OCc1ccc2n[nH]nc2c1)c1cnc(C(F)(F)F)nc1. The molecule has 0 bridgehead atoms. The van der Waals surface area contributed by atoms with Gasteiger partial charge in [-0.2, -0.15) is 28.6 Å². The van der Waals surface area contributed by atoms with E-state index < -0.39 is 18.0 Å². The molecule has 0 fully saturated rings. The quantitative estimate of drug-likeness (QED) is 0.742. The molecule has 0 radical (unpaired) electrons. The number of nitrogens with one attached hydrogen (secondary N) is 1. The molecule has 3 aromatic rings. The van der Waals surface area contributed by atoms with E-state index in [-0.39, 0.29) is 12.2 Å². The molecule has 23 heavy (non-hydrogen) atoms. The molecular weight excluding hydrogens is 315 g/mol. The number of aromatic nitrogens is 5. The van der Waals surface area contributed by atoms with Crippen molar-refractivity contribution in [1.29, 1.82) is 0 Å². The number of carbonyl (C=O) groups is 1. The number of benzene rings is 1. The van der Waals surface area contributed by atoms with Crippen LogP contribution in [-0.4, -0.2) is 31.3 Å². The Bertz CT molecular complexity index is 845. The van der Waals surface area contributed by atoms with Gasteiger partial charge in [-0.05, 0) is 17.7 Å². The largest absolute Gasteiger partial charge is 0.457 e. The molecule has 10 heteroatoms. The smallest absolute Gasteiger partial charge is 0.451 e. The summed E-state index contributed by atoms with van der Waals surface area (Å²) in [6.07, 6.45) is -3.10. The first-order valence-corrected chi connectivity index (χ1v) is 6.29. The Labute approximate surface area is 126 Å². The summed E-state index contributed by atoms with van der Waals surface area (Å²) in [6, 6.07) is 5.07. The van der Waals surface area contributed by atoms with Gasteiger partial charge in [-0.15, -0.1) is 0 Å². The number of H-pyrrole nitrogens is 1. The normalized spacial score (nSPS) is 11.6. The van der Waals surface area contributed by atoms with Crippen LogP contribution < -0.4 is 0 Å². The lowest BCUT2D eigenvalue weighted by Gasteiger charge is -2.06. The zero-order valence-electron chi connectivity index (χ0n) is 11.3. The highest BCUT2D eigenvalue weighted by atomic mass is 19.4. The third kappa shape index (κ3) is 3.25. The number of nitrogens with zero attached hydrogens (tertiary/aromatic N) is 4.